The van der Waals surface area contributed by atoms with Gasteiger partial charge in [-0.25, -0.2) is 9.18 Å². The number of alkyl halides is 1. The van der Waals surface area contributed by atoms with Crippen LogP contribution >= 0.6 is 0 Å². The molecule has 4 N–H and O–H groups in total. The van der Waals surface area contributed by atoms with Crippen LogP contribution in [0.5, 0.6) is 0 Å². The maximum atomic E-state index is 14.1. The lowest BCUT2D eigenvalue weighted by Crippen LogP contribution is -2.46. The molecule has 0 aliphatic carbocycles. The van der Waals surface area contributed by atoms with E-state index in [4.69, 9.17) is 4.74 Å². The van der Waals surface area contributed by atoms with Crippen molar-refractivity contribution in [2.24, 2.45) is 0 Å². The standard InChI is InChI=1S/C10H13FN2O6/c1-4(14)6-7(16)10(11,18)8(19-6)13-3-2-5(15)12-9(13)17/h2-4,6-8,14,16,18H,1H3,(H,12,15,17)/t4-,6-,7-,8-,10-/m1/s1. The molecule has 0 amide bonds. The lowest BCUT2D eigenvalue weighted by molar-refractivity contribution is -0.197. The summed E-state index contributed by atoms with van der Waals surface area (Å²) in [5, 5.41) is 28.5. The number of aromatic amines is 1. The molecule has 8 nitrogen and oxygen atoms in total. The van der Waals surface area contributed by atoms with Gasteiger partial charge in [-0.3, -0.25) is 14.3 Å². The highest BCUT2D eigenvalue weighted by atomic mass is 19.2. The van der Waals surface area contributed by atoms with Gasteiger partial charge in [-0.05, 0) is 6.92 Å². The number of halogens is 1. The third-order valence-corrected chi connectivity index (χ3v) is 2.94. The van der Waals surface area contributed by atoms with Gasteiger partial charge in [-0.1, -0.05) is 0 Å². The Balaban J connectivity index is 2.45. The Morgan fingerprint density at radius 2 is 2.21 bits per heavy atom. The maximum absolute atomic E-state index is 14.1. The van der Waals surface area contributed by atoms with Crippen LogP contribution in [0.3, 0.4) is 0 Å². The van der Waals surface area contributed by atoms with Gasteiger partial charge in [0.05, 0.1) is 6.10 Å². The van der Waals surface area contributed by atoms with Crippen molar-refractivity contribution in [3.8, 4) is 0 Å². The van der Waals surface area contributed by atoms with E-state index in [0.29, 0.717) is 4.57 Å². The third-order valence-electron chi connectivity index (χ3n) is 2.94. The Bertz CT molecular complexity index is 580. The zero-order chi connectivity index (χ0) is 14.4. The lowest BCUT2D eigenvalue weighted by Gasteiger charge is -2.23. The molecule has 1 aliphatic rings. The van der Waals surface area contributed by atoms with Crippen LogP contribution < -0.4 is 11.2 Å². The quantitative estimate of drug-likeness (QED) is 0.487. The largest absolute Gasteiger partial charge is 0.391 e. The normalized spacial score (nSPS) is 36.4. The Kier molecular flexibility index (Phi) is 3.31. The molecule has 9 heteroatoms. The molecule has 0 radical (unpaired) electrons. The van der Waals surface area contributed by atoms with E-state index in [1.807, 2.05) is 4.98 Å². The van der Waals surface area contributed by atoms with E-state index in [2.05, 4.69) is 0 Å². The minimum atomic E-state index is -3.27. The molecule has 19 heavy (non-hydrogen) atoms. The van der Waals surface area contributed by atoms with Crippen LogP contribution in [0.25, 0.3) is 0 Å². The Labute approximate surface area is 105 Å². The summed E-state index contributed by atoms with van der Waals surface area (Å²) >= 11 is 0. The molecule has 0 spiro atoms. The highest BCUT2D eigenvalue weighted by Crippen LogP contribution is 2.39. The first-order valence-corrected chi connectivity index (χ1v) is 5.49. The van der Waals surface area contributed by atoms with Gasteiger partial charge in [0, 0.05) is 12.3 Å². The van der Waals surface area contributed by atoms with Crippen LogP contribution in [0.15, 0.2) is 21.9 Å². The Hall–Kier alpha value is -1.55. The number of hydrogen-bond donors (Lipinski definition) is 4. The van der Waals surface area contributed by atoms with E-state index < -0.39 is 41.6 Å². The van der Waals surface area contributed by atoms with Crippen LogP contribution in [0.4, 0.5) is 4.39 Å². The van der Waals surface area contributed by atoms with Crippen LogP contribution in [-0.2, 0) is 4.74 Å². The van der Waals surface area contributed by atoms with Gasteiger partial charge in [0.25, 0.3) is 11.4 Å². The van der Waals surface area contributed by atoms with E-state index >= 15 is 0 Å². The highest BCUT2D eigenvalue weighted by molar-refractivity contribution is 4.99. The number of H-pyrrole nitrogens is 1. The molecule has 1 aromatic rings. The second kappa shape index (κ2) is 4.53. The molecular weight excluding hydrogens is 263 g/mol. The summed E-state index contributed by atoms with van der Waals surface area (Å²) in [6.07, 6.45) is -5.64. The SMILES string of the molecule is C[C@@H](O)[C@H]1O[C@@H](n2ccc(=O)[nH]c2=O)[C@@](O)(F)[C@@H]1O. The van der Waals surface area contributed by atoms with E-state index in [-0.39, 0.29) is 0 Å². The van der Waals surface area contributed by atoms with Gasteiger partial charge >= 0.3 is 5.69 Å². The second-order valence-electron chi connectivity index (χ2n) is 4.38. The zero-order valence-corrected chi connectivity index (χ0v) is 9.86. The monoisotopic (exact) mass is 276 g/mol. The van der Waals surface area contributed by atoms with Crippen molar-refractivity contribution in [3.63, 3.8) is 0 Å². The molecule has 2 heterocycles. The number of aliphatic hydroxyl groups is 3. The Morgan fingerprint density at radius 3 is 2.68 bits per heavy atom. The minimum Gasteiger partial charge on any atom is -0.391 e. The van der Waals surface area contributed by atoms with Gasteiger partial charge < -0.3 is 20.1 Å². The molecular formula is C10H13FN2O6. The number of aromatic nitrogens is 2. The fourth-order valence-electron chi connectivity index (χ4n) is 1.95. The predicted molar refractivity (Wildman–Crippen MR) is 59.0 cm³/mol. The first-order chi connectivity index (χ1) is 8.75. The van der Waals surface area contributed by atoms with Crippen LogP contribution in [0.2, 0.25) is 0 Å². The Morgan fingerprint density at radius 1 is 1.58 bits per heavy atom. The van der Waals surface area contributed by atoms with Gasteiger partial charge in [-0.15, -0.1) is 0 Å². The van der Waals surface area contributed by atoms with Crippen molar-refractivity contribution >= 4 is 0 Å². The summed E-state index contributed by atoms with van der Waals surface area (Å²) in [5.74, 6) is -3.27. The maximum Gasteiger partial charge on any atom is 0.330 e. The molecule has 0 unspecified atom stereocenters. The molecule has 1 saturated heterocycles. The second-order valence-corrected chi connectivity index (χ2v) is 4.38. The smallest absolute Gasteiger partial charge is 0.330 e. The number of aliphatic hydroxyl groups excluding tert-OH is 2. The topological polar surface area (TPSA) is 125 Å². The van der Waals surface area contributed by atoms with Crippen molar-refractivity contribution in [2.75, 3.05) is 0 Å². The average Bonchev–Trinajstić information content (AvgIpc) is 2.52. The van der Waals surface area contributed by atoms with E-state index in [1.54, 1.807) is 0 Å². The van der Waals surface area contributed by atoms with Crippen molar-refractivity contribution < 1.29 is 24.4 Å². The summed E-state index contributed by atoms with van der Waals surface area (Å²) in [6, 6.07) is 0.933. The van der Waals surface area contributed by atoms with Gasteiger partial charge in [-0.2, -0.15) is 0 Å². The predicted octanol–water partition coefficient (Wildman–Crippen LogP) is -2.17. The van der Waals surface area contributed by atoms with Crippen molar-refractivity contribution in [1.29, 1.82) is 0 Å². The fourth-order valence-corrected chi connectivity index (χ4v) is 1.95. The molecule has 5 atom stereocenters. The summed E-state index contributed by atoms with van der Waals surface area (Å²) in [6.45, 7) is 1.24. The summed E-state index contributed by atoms with van der Waals surface area (Å²) in [4.78, 5) is 24.3. The summed E-state index contributed by atoms with van der Waals surface area (Å²) in [7, 11) is 0. The summed E-state index contributed by atoms with van der Waals surface area (Å²) < 4.78 is 19.6. The molecule has 1 aromatic heterocycles. The molecule has 1 aliphatic heterocycles. The minimum absolute atomic E-state index is 0.590. The molecule has 1 fully saturated rings. The molecule has 2 rings (SSSR count). The first kappa shape index (κ1) is 13.9. The summed E-state index contributed by atoms with van der Waals surface area (Å²) in [5.41, 5.74) is -1.71. The first-order valence-electron chi connectivity index (χ1n) is 5.49. The molecule has 0 saturated carbocycles. The van der Waals surface area contributed by atoms with Crippen LogP contribution in [0.1, 0.15) is 13.2 Å². The van der Waals surface area contributed by atoms with Crippen LogP contribution in [-0.4, -0.2) is 49.0 Å². The van der Waals surface area contributed by atoms with Crippen molar-refractivity contribution in [2.45, 2.75) is 37.3 Å². The molecule has 0 aromatic carbocycles. The third kappa shape index (κ3) is 2.21. The number of hydrogen-bond acceptors (Lipinski definition) is 6. The molecule has 0 bridgehead atoms. The van der Waals surface area contributed by atoms with E-state index in [9.17, 15) is 29.3 Å². The number of rotatable bonds is 2. The zero-order valence-electron chi connectivity index (χ0n) is 9.86. The average molecular weight is 276 g/mol. The van der Waals surface area contributed by atoms with Gasteiger partial charge in [0.1, 0.15) is 12.2 Å². The van der Waals surface area contributed by atoms with Gasteiger partial charge in [0.2, 0.25) is 0 Å². The van der Waals surface area contributed by atoms with Crippen LogP contribution in [0, 0.1) is 0 Å². The number of ether oxygens (including phenoxy) is 1. The van der Waals surface area contributed by atoms with Gasteiger partial charge in [0.15, 0.2) is 6.23 Å². The molecule has 106 valence electrons. The highest BCUT2D eigenvalue weighted by Gasteiger charge is 2.58. The number of nitrogens with zero attached hydrogens (tertiary/aromatic N) is 1. The van der Waals surface area contributed by atoms with Crippen molar-refractivity contribution in [1.82, 2.24) is 9.55 Å². The lowest BCUT2D eigenvalue weighted by atomic mass is 10.0. The van der Waals surface area contributed by atoms with E-state index in [1.165, 1.54) is 6.92 Å². The number of nitrogens with one attached hydrogen (secondary N) is 1. The fraction of sp³-hybridized carbons (Fsp3) is 0.600. The van der Waals surface area contributed by atoms with E-state index in [0.717, 1.165) is 12.3 Å². The van der Waals surface area contributed by atoms with Crippen molar-refractivity contribution in [3.05, 3.63) is 33.1 Å².